The monoisotopic (exact) mass is 275 g/mol. The van der Waals surface area contributed by atoms with Crippen LogP contribution >= 0.6 is 0 Å². The van der Waals surface area contributed by atoms with E-state index in [1.807, 2.05) is 19.9 Å². The van der Waals surface area contributed by atoms with Crippen LogP contribution in [0.1, 0.15) is 25.8 Å². The Morgan fingerprint density at radius 2 is 2.15 bits per heavy atom. The van der Waals surface area contributed by atoms with Crippen molar-refractivity contribution < 1.29 is 14.6 Å². The number of carbonyl (C=O) groups is 1. The van der Waals surface area contributed by atoms with E-state index < -0.39 is 0 Å². The maximum atomic E-state index is 11.8. The normalized spacial score (nSPS) is 11.7. The van der Waals surface area contributed by atoms with E-state index in [1.54, 1.807) is 31.4 Å². The van der Waals surface area contributed by atoms with Gasteiger partial charge in [0, 0.05) is 17.3 Å². The lowest BCUT2D eigenvalue weighted by molar-refractivity contribution is -0.111. The predicted molar refractivity (Wildman–Crippen MR) is 80.7 cm³/mol. The van der Waals surface area contributed by atoms with Gasteiger partial charge in [0.05, 0.1) is 13.7 Å². The number of amides is 1. The van der Waals surface area contributed by atoms with Gasteiger partial charge < -0.3 is 15.2 Å². The Balaban J connectivity index is 2.76. The smallest absolute Gasteiger partial charge is 0.248 e. The van der Waals surface area contributed by atoms with Crippen molar-refractivity contribution in [1.82, 2.24) is 0 Å². The summed E-state index contributed by atoms with van der Waals surface area (Å²) in [4.78, 5) is 11.8. The number of aliphatic hydroxyl groups excluding tert-OH is 1. The molecule has 0 bridgehead atoms. The summed E-state index contributed by atoms with van der Waals surface area (Å²) >= 11 is 0. The van der Waals surface area contributed by atoms with Crippen molar-refractivity contribution in [3.05, 3.63) is 47.6 Å². The molecule has 20 heavy (non-hydrogen) atoms. The molecular formula is C16H21NO3. The van der Waals surface area contributed by atoms with Crippen LogP contribution in [-0.4, -0.2) is 18.1 Å². The van der Waals surface area contributed by atoms with Crippen molar-refractivity contribution in [3.8, 4) is 5.75 Å². The van der Waals surface area contributed by atoms with E-state index in [9.17, 15) is 9.90 Å². The van der Waals surface area contributed by atoms with Gasteiger partial charge in [0.1, 0.15) is 5.75 Å². The zero-order valence-electron chi connectivity index (χ0n) is 12.1. The summed E-state index contributed by atoms with van der Waals surface area (Å²) in [5.41, 5.74) is 2.37. The number of hydrogen-bond acceptors (Lipinski definition) is 3. The Morgan fingerprint density at radius 1 is 1.40 bits per heavy atom. The summed E-state index contributed by atoms with van der Waals surface area (Å²) in [5, 5.41) is 12.0. The molecule has 0 atom stereocenters. The fourth-order valence-corrected chi connectivity index (χ4v) is 1.76. The molecule has 0 spiro atoms. The highest BCUT2D eigenvalue weighted by Gasteiger charge is 2.04. The van der Waals surface area contributed by atoms with Gasteiger partial charge >= 0.3 is 0 Å². The molecule has 0 fully saturated rings. The first-order valence-electron chi connectivity index (χ1n) is 6.56. The van der Waals surface area contributed by atoms with Gasteiger partial charge in [-0.15, -0.1) is 0 Å². The summed E-state index contributed by atoms with van der Waals surface area (Å²) in [6.45, 7) is 3.84. The molecule has 0 saturated heterocycles. The Labute approximate surface area is 119 Å². The molecule has 1 aromatic rings. The van der Waals surface area contributed by atoms with Crippen molar-refractivity contribution in [1.29, 1.82) is 0 Å². The van der Waals surface area contributed by atoms with Gasteiger partial charge in [0.2, 0.25) is 5.91 Å². The van der Waals surface area contributed by atoms with Crippen LogP contribution in [0.5, 0.6) is 5.75 Å². The Morgan fingerprint density at radius 3 is 2.70 bits per heavy atom. The molecule has 0 radical (unpaired) electrons. The quantitative estimate of drug-likeness (QED) is 0.619. The molecule has 108 valence electrons. The number of hydrogen-bond donors (Lipinski definition) is 2. The minimum Gasteiger partial charge on any atom is -0.496 e. The second kappa shape index (κ2) is 8.17. The highest BCUT2D eigenvalue weighted by atomic mass is 16.5. The van der Waals surface area contributed by atoms with Gasteiger partial charge in [0.25, 0.3) is 0 Å². The van der Waals surface area contributed by atoms with E-state index in [0.29, 0.717) is 17.0 Å². The maximum Gasteiger partial charge on any atom is 0.248 e. The number of carbonyl (C=O) groups excluding carboxylic acids is 1. The highest BCUT2D eigenvalue weighted by Crippen LogP contribution is 2.22. The second-order valence-corrected chi connectivity index (χ2v) is 4.22. The predicted octanol–water partition coefficient (Wildman–Crippen LogP) is 3.04. The molecule has 2 N–H and O–H groups in total. The molecular weight excluding hydrogens is 254 g/mol. The van der Waals surface area contributed by atoms with Gasteiger partial charge in [-0.3, -0.25) is 4.79 Å². The van der Waals surface area contributed by atoms with Crippen molar-refractivity contribution in [2.45, 2.75) is 26.9 Å². The molecule has 4 heteroatoms. The fourth-order valence-electron chi connectivity index (χ4n) is 1.76. The molecule has 4 nitrogen and oxygen atoms in total. The highest BCUT2D eigenvalue weighted by molar-refractivity contribution is 5.99. The fraction of sp³-hybridized carbons (Fsp3) is 0.312. The number of rotatable bonds is 6. The van der Waals surface area contributed by atoms with Crippen LogP contribution < -0.4 is 10.1 Å². The summed E-state index contributed by atoms with van der Waals surface area (Å²) in [5.74, 6) is 0.398. The topological polar surface area (TPSA) is 58.6 Å². The average molecular weight is 275 g/mol. The third-order valence-corrected chi connectivity index (χ3v) is 2.95. The lowest BCUT2D eigenvalue weighted by Crippen LogP contribution is -2.08. The number of allylic oxidation sites excluding steroid dienone is 3. The van der Waals surface area contributed by atoms with Crippen LogP contribution in [0, 0.1) is 0 Å². The first-order chi connectivity index (χ1) is 9.64. The van der Waals surface area contributed by atoms with Gasteiger partial charge in [0.15, 0.2) is 0 Å². The van der Waals surface area contributed by atoms with Crippen molar-refractivity contribution >= 4 is 11.6 Å². The standard InChI is InChI=1S/C16H21NO3/c1-4-12(5-2)6-9-16(19)17-14-7-8-15(20-3)13(10-14)11-18/h4,6-10,18H,5,11H2,1-3H3,(H,17,19). The lowest BCUT2D eigenvalue weighted by atomic mass is 10.1. The molecule has 0 saturated carbocycles. The maximum absolute atomic E-state index is 11.8. The third-order valence-electron chi connectivity index (χ3n) is 2.95. The van der Waals surface area contributed by atoms with E-state index in [1.165, 1.54) is 6.08 Å². The number of nitrogens with one attached hydrogen (secondary N) is 1. The summed E-state index contributed by atoms with van der Waals surface area (Å²) in [7, 11) is 1.54. The molecule has 1 amide bonds. The zero-order valence-corrected chi connectivity index (χ0v) is 12.1. The van der Waals surface area contributed by atoms with E-state index >= 15 is 0 Å². The van der Waals surface area contributed by atoms with Gasteiger partial charge in [-0.05, 0) is 31.5 Å². The van der Waals surface area contributed by atoms with E-state index in [4.69, 9.17) is 4.74 Å². The minimum absolute atomic E-state index is 0.138. The van der Waals surface area contributed by atoms with Crippen LogP contribution in [0.4, 0.5) is 5.69 Å². The lowest BCUT2D eigenvalue weighted by Gasteiger charge is -2.09. The summed E-state index contributed by atoms with van der Waals surface area (Å²) in [6, 6.07) is 5.15. The minimum atomic E-state index is -0.202. The van der Waals surface area contributed by atoms with Crippen LogP contribution in [-0.2, 0) is 11.4 Å². The molecule has 0 aliphatic carbocycles. The average Bonchev–Trinajstić information content (AvgIpc) is 2.48. The first-order valence-corrected chi connectivity index (χ1v) is 6.56. The summed E-state index contributed by atoms with van der Waals surface area (Å²) in [6.07, 6.45) is 6.16. The van der Waals surface area contributed by atoms with Crippen molar-refractivity contribution in [2.24, 2.45) is 0 Å². The number of aliphatic hydroxyl groups is 1. The Hall–Kier alpha value is -2.07. The van der Waals surface area contributed by atoms with Crippen LogP contribution in [0.25, 0.3) is 0 Å². The summed E-state index contributed by atoms with van der Waals surface area (Å²) < 4.78 is 5.11. The zero-order chi connectivity index (χ0) is 15.0. The van der Waals surface area contributed by atoms with Crippen molar-refractivity contribution in [2.75, 3.05) is 12.4 Å². The van der Waals surface area contributed by atoms with E-state index in [2.05, 4.69) is 5.32 Å². The molecule has 0 aliphatic rings. The van der Waals surface area contributed by atoms with E-state index in [-0.39, 0.29) is 12.5 Å². The van der Waals surface area contributed by atoms with Crippen LogP contribution in [0.2, 0.25) is 0 Å². The molecule has 0 aliphatic heterocycles. The molecule has 0 heterocycles. The Bertz CT molecular complexity index is 518. The van der Waals surface area contributed by atoms with E-state index in [0.717, 1.165) is 12.0 Å². The van der Waals surface area contributed by atoms with Gasteiger partial charge in [-0.1, -0.05) is 24.6 Å². The second-order valence-electron chi connectivity index (χ2n) is 4.22. The molecule has 1 rings (SSSR count). The van der Waals surface area contributed by atoms with Crippen LogP contribution in [0.3, 0.4) is 0 Å². The molecule has 1 aromatic carbocycles. The third kappa shape index (κ3) is 4.55. The number of ether oxygens (including phenoxy) is 1. The van der Waals surface area contributed by atoms with Crippen LogP contribution in [0.15, 0.2) is 42.0 Å². The number of anilines is 1. The first kappa shape index (κ1) is 16.0. The van der Waals surface area contributed by atoms with Gasteiger partial charge in [-0.25, -0.2) is 0 Å². The molecule has 0 unspecified atom stereocenters. The Kier molecular flexibility index (Phi) is 6.53. The largest absolute Gasteiger partial charge is 0.496 e. The van der Waals surface area contributed by atoms with Gasteiger partial charge in [-0.2, -0.15) is 0 Å². The number of benzene rings is 1. The number of methoxy groups -OCH3 is 1. The molecule has 0 aromatic heterocycles. The SMILES string of the molecule is CC=C(C=CC(=O)Nc1ccc(OC)c(CO)c1)CC. The van der Waals surface area contributed by atoms with Crippen molar-refractivity contribution in [3.63, 3.8) is 0 Å².